The van der Waals surface area contributed by atoms with E-state index in [2.05, 4.69) is 11.7 Å². The van der Waals surface area contributed by atoms with Crippen molar-refractivity contribution in [3.8, 4) is 17.0 Å². The molecule has 4 aromatic rings. The molecule has 0 aliphatic rings. The average Bonchev–Trinajstić information content (AvgIpc) is 3.35. The van der Waals surface area contributed by atoms with Gasteiger partial charge in [-0.05, 0) is 67.4 Å². The van der Waals surface area contributed by atoms with Crippen molar-refractivity contribution in [2.45, 2.75) is 13.8 Å². The SMILES string of the molecule is C=c1[nH]n(-c2cccc(C(=O)O)c2)c(=O)c1=Cc1ccc(-c2cc(C)c(C)cc2[N+](=O)[O-])o1. The molecule has 0 radical (unpaired) electrons. The molecule has 4 rings (SSSR count). The lowest BCUT2D eigenvalue weighted by Gasteiger charge is -2.04. The van der Waals surface area contributed by atoms with Crippen LogP contribution in [0.3, 0.4) is 0 Å². The lowest BCUT2D eigenvalue weighted by Crippen LogP contribution is -2.33. The zero-order chi connectivity index (χ0) is 23.9. The van der Waals surface area contributed by atoms with Crippen molar-refractivity contribution >= 4 is 24.3 Å². The Kier molecular flexibility index (Phi) is 5.31. The highest BCUT2D eigenvalue weighted by atomic mass is 16.6. The zero-order valence-electron chi connectivity index (χ0n) is 17.8. The third-order valence-electron chi connectivity index (χ3n) is 5.34. The highest BCUT2D eigenvalue weighted by molar-refractivity contribution is 5.88. The van der Waals surface area contributed by atoms with Crippen molar-refractivity contribution in [2.75, 3.05) is 0 Å². The van der Waals surface area contributed by atoms with E-state index in [1.165, 1.54) is 35.0 Å². The van der Waals surface area contributed by atoms with Crippen molar-refractivity contribution in [3.63, 3.8) is 0 Å². The largest absolute Gasteiger partial charge is 0.478 e. The molecule has 2 aromatic carbocycles. The van der Waals surface area contributed by atoms with Crippen LogP contribution in [0.1, 0.15) is 27.2 Å². The maximum atomic E-state index is 13.0. The van der Waals surface area contributed by atoms with Crippen molar-refractivity contribution in [1.29, 1.82) is 0 Å². The fraction of sp³-hybridized carbons (Fsp3) is 0.0833. The number of nitro groups is 1. The second-order valence-corrected chi connectivity index (χ2v) is 7.56. The van der Waals surface area contributed by atoms with Gasteiger partial charge in [0.15, 0.2) is 0 Å². The minimum absolute atomic E-state index is 0.0378. The first kappa shape index (κ1) is 21.6. The third-order valence-corrected chi connectivity index (χ3v) is 5.34. The first-order valence-corrected chi connectivity index (χ1v) is 9.87. The van der Waals surface area contributed by atoms with Crippen molar-refractivity contribution in [2.24, 2.45) is 0 Å². The Morgan fingerprint density at radius 2 is 1.91 bits per heavy atom. The Balaban J connectivity index is 1.80. The Labute approximate surface area is 186 Å². The minimum Gasteiger partial charge on any atom is -0.478 e. The first-order valence-electron chi connectivity index (χ1n) is 9.87. The number of nitrogens with zero attached hydrogens (tertiary/aromatic N) is 2. The van der Waals surface area contributed by atoms with Crippen molar-refractivity contribution in [1.82, 2.24) is 9.78 Å². The maximum absolute atomic E-state index is 13.0. The van der Waals surface area contributed by atoms with E-state index in [9.17, 15) is 24.8 Å². The number of nitrogens with one attached hydrogen (secondary N) is 1. The number of aromatic nitrogens is 2. The van der Waals surface area contributed by atoms with Gasteiger partial charge in [0.25, 0.3) is 11.2 Å². The molecule has 166 valence electrons. The summed E-state index contributed by atoms with van der Waals surface area (Å²) < 4.78 is 7.00. The van der Waals surface area contributed by atoms with Crippen LogP contribution in [0.5, 0.6) is 0 Å². The molecule has 0 saturated heterocycles. The van der Waals surface area contributed by atoms with Crippen molar-refractivity contribution in [3.05, 3.63) is 102 Å². The number of hydrogen-bond acceptors (Lipinski definition) is 5. The van der Waals surface area contributed by atoms with Gasteiger partial charge in [0.2, 0.25) is 0 Å². The number of nitro benzene ring substituents is 1. The molecule has 2 heterocycles. The molecule has 0 atom stereocenters. The zero-order valence-corrected chi connectivity index (χ0v) is 17.8. The third kappa shape index (κ3) is 3.99. The van der Waals surface area contributed by atoms with E-state index in [1.807, 2.05) is 6.92 Å². The Morgan fingerprint density at radius 1 is 1.18 bits per heavy atom. The molecule has 0 unspecified atom stereocenters. The van der Waals surface area contributed by atoms with Gasteiger partial charge in [-0.15, -0.1) is 0 Å². The molecule has 0 saturated carbocycles. The van der Waals surface area contributed by atoms with Crippen LogP contribution in [-0.4, -0.2) is 25.8 Å². The number of aromatic carboxylic acids is 1. The normalized spacial score (nSPS) is 11.6. The van der Waals surface area contributed by atoms with Gasteiger partial charge in [-0.25, -0.2) is 9.48 Å². The minimum atomic E-state index is -1.11. The molecule has 2 N–H and O–H groups in total. The summed E-state index contributed by atoms with van der Waals surface area (Å²) in [5.74, 6) is -0.502. The van der Waals surface area contributed by atoms with Crippen LogP contribution in [0.15, 0.2) is 57.7 Å². The van der Waals surface area contributed by atoms with Crippen LogP contribution < -0.4 is 16.1 Å². The Bertz CT molecular complexity index is 1590. The fourth-order valence-corrected chi connectivity index (χ4v) is 3.47. The Hall–Kier alpha value is -4.66. The second-order valence-electron chi connectivity index (χ2n) is 7.56. The van der Waals surface area contributed by atoms with E-state index in [4.69, 9.17) is 4.42 Å². The number of aryl methyl sites for hydroxylation is 2. The van der Waals surface area contributed by atoms with Crippen LogP contribution >= 0.6 is 0 Å². The van der Waals surface area contributed by atoms with Crippen molar-refractivity contribution < 1.29 is 19.2 Å². The molecule has 0 amide bonds. The number of benzene rings is 2. The highest BCUT2D eigenvalue weighted by Gasteiger charge is 2.19. The van der Waals surface area contributed by atoms with Gasteiger partial charge >= 0.3 is 5.97 Å². The smallest absolute Gasteiger partial charge is 0.335 e. The van der Waals surface area contributed by atoms with E-state index >= 15 is 0 Å². The molecular formula is C24H19N3O6. The maximum Gasteiger partial charge on any atom is 0.335 e. The molecule has 9 heteroatoms. The summed E-state index contributed by atoms with van der Waals surface area (Å²) in [6.07, 6.45) is 1.48. The van der Waals surface area contributed by atoms with E-state index in [1.54, 1.807) is 31.2 Å². The molecule has 0 aliphatic heterocycles. The molecule has 0 fully saturated rings. The number of rotatable bonds is 5. The van der Waals surface area contributed by atoms with Gasteiger partial charge in [-0.3, -0.25) is 20.0 Å². The molecule has 0 spiro atoms. The molecule has 9 nitrogen and oxygen atoms in total. The lowest BCUT2D eigenvalue weighted by molar-refractivity contribution is -0.384. The first-order chi connectivity index (χ1) is 15.7. The van der Waals surface area contributed by atoms with Gasteiger partial charge < -0.3 is 9.52 Å². The van der Waals surface area contributed by atoms with Crippen LogP contribution in [-0.2, 0) is 0 Å². The molecule has 33 heavy (non-hydrogen) atoms. The summed E-state index contributed by atoms with van der Waals surface area (Å²) in [6.45, 7) is 7.50. The van der Waals surface area contributed by atoms with Gasteiger partial charge in [0.1, 0.15) is 11.5 Å². The standard InChI is InChI=1S/C24H19N3O6/c1-13-9-20(21(27(31)32)10-14(13)2)22-8-7-18(33-22)12-19-15(3)25-26(23(19)28)17-6-4-5-16(11-17)24(29)30/h4-12,25H,3H2,1-2H3,(H,29,30). The van der Waals surface area contributed by atoms with Crippen LogP contribution in [0.25, 0.3) is 29.7 Å². The quantitative estimate of drug-likeness (QED) is 0.359. The number of carbonyl (C=O) groups is 1. The number of hydrogen-bond donors (Lipinski definition) is 2. The predicted molar refractivity (Wildman–Crippen MR) is 122 cm³/mol. The molecular weight excluding hydrogens is 426 g/mol. The van der Waals surface area contributed by atoms with E-state index in [0.717, 1.165) is 11.1 Å². The number of H-pyrrole nitrogens is 1. The number of aromatic amines is 1. The summed E-state index contributed by atoms with van der Waals surface area (Å²) in [5, 5.41) is 24.0. The highest BCUT2D eigenvalue weighted by Crippen LogP contribution is 2.33. The monoisotopic (exact) mass is 445 g/mol. The van der Waals surface area contributed by atoms with Crippen LogP contribution in [0.2, 0.25) is 0 Å². The summed E-state index contributed by atoms with van der Waals surface area (Å²) in [6, 6.07) is 12.3. The number of carboxylic acid groups (broad SMARTS) is 1. The predicted octanol–water partition coefficient (Wildman–Crippen LogP) is 2.89. The topological polar surface area (TPSA) is 131 Å². The molecule has 0 bridgehead atoms. The number of furan rings is 1. The number of carboxylic acids is 1. The van der Waals surface area contributed by atoms with E-state index < -0.39 is 16.5 Å². The van der Waals surface area contributed by atoms with Gasteiger partial charge in [0.05, 0.1) is 32.3 Å². The van der Waals surface area contributed by atoms with E-state index in [0.29, 0.717) is 28.1 Å². The molecule has 0 aliphatic carbocycles. The van der Waals surface area contributed by atoms with Gasteiger partial charge in [-0.2, -0.15) is 0 Å². The summed E-state index contributed by atoms with van der Waals surface area (Å²) >= 11 is 0. The van der Waals surface area contributed by atoms with Crippen LogP contribution in [0.4, 0.5) is 5.69 Å². The van der Waals surface area contributed by atoms with Gasteiger partial charge in [-0.1, -0.05) is 12.6 Å². The fourth-order valence-electron chi connectivity index (χ4n) is 3.47. The second kappa shape index (κ2) is 8.12. The summed E-state index contributed by atoms with van der Waals surface area (Å²) in [4.78, 5) is 35.2. The summed E-state index contributed by atoms with van der Waals surface area (Å²) in [7, 11) is 0. The Morgan fingerprint density at radius 3 is 2.61 bits per heavy atom. The average molecular weight is 445 g/mol. The lowest BCUT2D eigenvalue weighted by atomic mass is 10.0. The molecule has 2 aromatic heterocycles. The van der Waals surface area contributed by atoms with E-state index in [-0.39, 0.29) is 16.5 Å². The van der Waals surface area contributed by atoms with Crippen LogP contribution in [0, 0.1) is 24.0 Å². The van der Waals surface area contributed by atoms with Gasteiger partial charge in [0, 0.05) is 6.07 Å². The summed E-state index contributed by atoms with van der Waals surface area (Å²) in [5.41, 5.74) is 1.89.